The minimum Gasteiger partial charge on any atom is -0.467 e. The molecule has 0 saturated heterocycles. The zero-order valence-electron chi connectivity index (χ0n) is 50.2. The van der Waals surface area contributed by atoms with Gasteiger partial charge in [-0.2, -0.15) is 0 Å². The third-order valence-corrected chi connectivity index (χ3v) is 9.88. The molecule has 0 saturated carbocycles. The van der Waals surface area contributed by atoms with Gasteiger partial charge < -0.3 is 18.6 Å². The van der Waals surface area contributed by atoms with Gasteiger partial charge in [-0.1, -0.05) is 113 Å². The molecular formula is C51H58N2O2. The summed E-state index contributed by atoms with van der Waals surface area (Å²) in [4.78, 5) is 3.26. The Labute approximate surface area is 354 Å². The standard InChI is InChI=1S/C51H58N2O2/c1-33-26-40(29-41(27-33)53(42-31-47(54-32-42)51(11,12)13)38-21-16-35(17-22-38)49(5,6)7)52(37-19-14-34(15-20-37)48(2,3)4)39-23-25-46-44(30-39)43-28-36(50(8,9)10)18-24-45(43)55-46/h14-32H,1-13H3/i1D3,5D3,6D3,7D3,11D3,12D3. The highest BCUT2D eigenvalue weighted by atomic mass is 16.3. The second kappa shape index (κ2) is 13.5. The van der Waals surface area contributed by atoms with Gasteiger partial charge in [0, 0.05) is 75.4 Å². The molecule has 7 rings (SSSR count). The largest absolute Gasteiger partial charge is 0.467 e. The summed E-state index contributed by atoms with van der Waals surface area (Å²) in [5, 5.41) is 1.64. The molecule has 4 nitrogen and oxygen atoms in total. The lowest BCUT2D eigenvalue weighted by molar-refractivity contribution is 0.409. The minimum absolute atomic E-state index is 0.0214. The van der Waals surface area contributed by atoms with Gasteiger partial charge in [0.1, 0.15) is 23.2 Å². The number of rotatable bonds is 6. The topological polar surface area (TPSA) is 32.8 Å². The van der Waals surface area contributed by atoms with Gasteiger partial charge in [0.25, 0.3) is 0 Å². The Morgan fingerprint density at radius 2 is 0.927 bits per heavy atom. The average Bonchev–Trinajstić information content (AvgIpc) is 3.86. The molecule has 5 aromatic carbocycles. The highest BCUT2D eigenvalue weighted by Crippen LogP contribution is 2.45. The monoisotopic (exact) mass is 749 g/mol. The maximum atomic E-state index is 8.79. The zero-order valence-corrected chi connectivity index (χ0v) is 32.2. The Kier molecular flexibility index (Phi) is 5.35. The van der Waals surface area contributed by atoms with Crippen LogP contribution in [-0.4, -0.2) is 0 Å². The van der Waals surface area contributed by atoms with Gasteiger partial charge in [0.15, 0.2) is 0 Å². The summed E-state index contributed by atoms with van der Waals surface area (Å²) < 4.78 is 164. The summed E-state index contributed by atoms with van der Waals surface area (Å²) in [6.07, 6.45) is 1.09. The molecule has 0 N–H and O–H groups in total. The van der Waals surface area contributed by atoms with Crippen LogP contribution in [0.4, 0.5) is 34.1 Å². The molecule has 284 valence electrons. The summed E-state index contributed by atoms with van der Waals surface area (Å²) in [6, 6.07) is 29.7. The van der Waals surface area contributed by atoms with Crippen LogP contribution in [-0.2, 0) is 21.7 Å². The summed E-state index contributed by atoms with van der Waals surface area (Å²) in [7, 11) is 0. The Balaban J connectivity index is 1.55. The van der Waals surface area contributed by atoms with E-state index in [1.54, 1.807) is 6.07 Å². The summed E-state index contributed by atoms with van der Waals surface area (Å²) in [5.41, 5.74) is -2.10. The van der Waals surface area contributed by atoms with Crippen molar-refractivity contribution < 1.29 is 33.5 Å². The Morgan fingerprint density at radius 1 is 0.436 bits per heavy atom. The summed E-state index contributed by atoms with van der Waals surface area (Å²) >= 11 is 0. The van der Waals surface area contributed by atoms with Crippen molar-refractivity contribution in [1.82, 2.24) is 0 Å². The highest BCUT2D eigenvalue weighted by molar-refractivity contribution is 6.07. The second-order valence-electron chi connectivity index (χ2n) is 16.5. The smallest absolute Gasteiger partial charge is 0.135 e. The molecule has 0 amide bonds. The van der Waals surface area contributed by atoms with E-state index in [0.29, 0.717) is 28.2 Å². The number of hydrogen-bond acceptors (Lipinski definition) is 4. The molecule has 0 unspecified atom stereocenters. The lowest BCUT2D eigenvalue weighted by Gasteiger charge is -2.30. The molecule has 0 atom stereocenters. The second-order valence-corrected chi connectivity index (χ2v) is 16.5. The van der Waals surface area contributed by atoms with E-state index in [-0.39, 0.29) is 33.5 Å². The van der Waals surface area contributed by atoms with Gasteiger partial charge in [-0.25, -0.2) is 0 Å². The van der Waals surface area contributed by atoms with E-state index in [1.165, 1.54) is 35.2 Å². The average molecular weight is 749 g/mol. The number of furan rings is 2. The summed E-state index contributed by atoms with van der Waals surface area (Å²) in [5.74, 6) is -0.474. The molecule has 7 aromatic rings. The van der Waals surface area contributed by atoms with Crippen molar-refractivity contribution in [3.63, 3.8) is 0 Å². The number of anilines is 6. The zero-order chi connectivity index (χ0) is 54.7. The number of hydrogen-bond donors (Lipinski definition) is 0. The normalized spacial score (nSPS) is 19.0. The quantitative estimate of drug-likeness (QED) is 0.170. The Hall–Kier alpha value is -5.22. The fourth-order valence-corrected chi connectivity index (χ4v) is 6.80. The fourth-order valence-electron chi connectivity index (χ4n) is 6.80. The third-order valence-electron chi connectivity index (χ3n) is 9.88. The number of fused-ring (bicyclic) bond motifs is 3. The molecule has 2 aromatic heterocycles. The van der Waals surface area contributed by atoms with E-state index < -0.39 is 63.3 Å². The van der Waals surface area contributed by atoms with Crippen LogP contribution in [0.3, 0.4) is 0 Å². The molecule has 0 bridgehead atoms. The van der Waals surface area contributed by atoms with E-state index in [0.717, 1.165) is 47.2 Å². The van der Waals surface area contributed by atoms with Gasteiger partial charge in [0.2, 0.25) is 0 Å². The number of aryl methyl sites for hydroxylation is 1. The van der Waals surface area contributed by atoms with E-state index in [9.17, 15) is 0 Å². The van der Waals surface area contributed by atoms with Crippen LogP contribution < -0.4 is 9.80 Å². The van der Waals surface area contributed by atoms with Gasteiger partial charge >= 0.3 is 0 Å². The SMILES string of the molecule is [2H]C([2H])([2H])c1cc(N(c2ccc(C(C([2H])([2H])[2H])(C([2H])([2H])[2H])C([2H])([2H])[2H])cc2)c2coc(C(C)(C([2H])([2H])[2H])C([2H])([2H])[2H])c2)cc(N(c2ccc(C(C)(C)C)cc2)c2ccc3oc4ccc(C(C)(C)C)cc4c3c2)c1. The number of benzene rings is 5. The highest BCUT2D eigenvalue weighted by Gasteiger charge is 2.25. The van der Waals surface area contributed by atoms with Gasteiger partial charge in [-0.3, -0.25) is 0 Å². The van der Waals surface area contributed by atoms with Crippen LogP contribution in [0.15, 0.2) is 124 Å². The van der Waals surface area contributed by atoms with Gasteiger partial charge in [-0.05, 0) is 118 Å². The van der Waals surface area contributed by atoms with E-state index in [4.69, 9.17) is 33.5 Å². The van der Waals surface area contributed by atoms with Crippen molar-refractivity contribution >= 4 is 56.1 Å². The van der Waals surface area contributed by atoms with Crippen LogP contribution in [0, 0.1) is 6.85 Å². The summed E-state index contributed by atoms with van der Waals surface area (Å²) in [6.45, 7) is -6.24. The molecule has 0 radical (unpaired) electrons. The van der Waals surface area contributed by atoms with Gasteiger partial charge in [0.05, 0.1) is 5.69 Å². The maximum absolute atomic E-state index is 8.79. The van der Waals surface area contributed by atoms with Crippen LogP contribution in [0.1, 0.15) is 135 Å². The third kappa shape index (κ3) is 7.70. The van der Waals surface area contributed by atoms with E-state index in [1.807, 2.05) is 59.5 Å². The molecule has 0 aliphatic rings. The van der Waals surface area contributed by atoms with Crippen molar-refractivity contribution in [1.29, 1.82) is 0 Å². The Bertz CT molecular complexity index is 3090. The first-order valence-corrected chi connectivity index (χ1v) is 18.2. The first kappa shape index (κ1) is 21.8. The molecule has 0 aliphatic carbocycles. The molecule has 2 heterocycles. The van der Waals surface area contributed by atoms with Crippen LogP contribution in [0.5, 0.6) is 0 Å². The molecule has 4 heteroatoms. The van der Waals surface area contributed by atoms with Crippen molar-refractivity contribution in [3.8, 4) is 0 Å². The molecule has 0 aliphatic heterocycles. The maximum Gasteiger partial charge on any atom is 0.135 e. The Morgan fingerprint density at radius 3 is 1.47 bits per heavy atom. The predicted molar refractivity (Wildman–Crippen MR) is 235 cm³/mol. The van der Waals surface area contributed by atoms with Crippen molar-refractivity contribution in [3.05, 3.63) is 143 Å². The minimum atomic E-state index is -3.59. The fraction of sp³-hybridized carbons (Fsp3) is 0.333. The number of nitrogens with zero attached hydrogens (tertiary/aromatic N) is 2. The van der Waals surface area contributed by atoms with Crippen LogP contribution in [0.2, 0.25) is 0 Å². The van der Waals surface area contributed by atoms with Crippen LogP contribution >= 0.6 is 0 Å². The lowest BCUT2D eigenvalue weighted by Crippen LogP contribution is -2.15. The van der Waals surface area contributed by atoms with Gasteiger partial charge in [-0.15, -0.1) is 0 Å². The van der Waals surface area contributed by atoms with Crippen molar-refractivity contribution in [2.45, 2.75) is 111 Å². The predicted octanol–water partition coefficient (Wildman–Crippen LogP) is 15.6. The van der Waals surface area contributed by atoms with Crippen LogP contribution in [0.25, 0.3) is 21.9 Å². The molecular weight excluding hydrogens is 673 g/mol. The van der Waals surface area contributed by atoms with E-state index in [2.05, 4.69) is 47.6 Å². The van der Waals surface area contributed by atoms with Crippen molar-refractivity contribution in [2.24, 2.45) is 0 Å². The molecule has 55 heavy (non-hydrogen) atoms. The first-order chi connectivity index (χ1) is 33.1. The van der Waals surface area contributed by atoms with Crippen molar-refractivity contribution in [2.75, 3.05) is 9.80 Å². The lowest BCUT2D eigenvalue weighted by atomic mass is 9.86. The molecule has 0 spiro atoms. The van der Waals surface area contributed by atoms with E-state index >= 15 is 0 Å². The first-order valence-electron chi connectivity index (χ1n) is 27.2. The molecule has 0 fully saturated rings.